The fraction of sp³-hybridized carbons (Fsp3) is 0.375. The van der Waals surface area contributed by atoms with Crippen LogP contribution in [0.5, 0.6) is 0 Å². The summed E-state index contributed by atoms with van der Waals surface area (Å²) in [5.41, 5.74) is 1.12. The molecular weight excluding hydrogens is 383 g/mol. The van der Waals surface area contributed by atoms with Gasteiger partial charge in [-0.3, -0.25) is 0 Å². The Kier molecular flexibility index (Phi) is 5.20. The van der Waals surface area contributed by atoms with Gasteiger partial charge in [0, 0.05) is 43.6 Å². The SMILES string of the molecule is Cc1cc(Cl)c(C)c(S(=O)(=O)N2CCN(c3ncccn3)CC2)c1Cl. The van der Waals surface area contributed by atoms with Gasteiger partial charge in [0.2, 0.25) is 16.0 Å². The minimum absolute atomic E-state index is 0.101. The average Bonchev–Trinajstić information content (AvgIpc) is 2.61. The van der Waals surface area contributed by atoms with Crippen LogP contribution in [0.15, 0.2) is 29.4 Å². The molecule has 0 bridgehead atoms. The zero-order valence-corrected chi connectivity index (χ0v) is 16.2. The summed E-state index contributed by atoms with van der Waals surface area (Å²) in [6, 6.07) is 3.43. The van der Waals surface area contributed by atoms with Crippen molar-refractivity contribution in [1.82, 2.24) is 14.3 Å². The molecule has 0 atom stereocenters. The zero-order valence-electron chi connectivity index (χ0n) is 13.9. The number of sulfonamides is 1. The number of aromatic nitrogens is 2. The molecule has 2 aromatic rings. The lowest BCUT2D eigenvalue weighted by atomic mass is 10.2. The van der Waals surface area contributed by atoms with Crippen LogP contribution in [0.1, 0.15) is 11.1 Å². The van der Waals surface area contributed by atoms with Crippen molar-refractivity contribution < 1.29 is 8.42 Å². The van der Waals surface area contributed by atoms with Crippen LogP contribution in [0.2, 0.25) is 10.0 Å². The van der Waals surface area contributed by atoms with Gasteiger partial charge in [-0.25, -0.2) is 18.4 Å². The summed E-state index contributed by atoms with van der Waals surface area (Å²) < 4.78 is 27.7. The zero-order chi connectivity index (χ0) is 18.2. The van der Waals surface area contributed by atoms with Crippen LogP contribution in [0.3, 0.4) is 0 Å². The molecule has 1 aromatic carbocycles. The highest BCUT2D eigenvalue weighted by Gasteiger charge is 2.33. The fourth-order valence-corrected chi connectivity index (χ4v) is 5.42. The standard InChI is InChI=1S/C16H18Cl2N4O2S/c1-11-10-13(17)12(2)15(14(11)18)25(23,24)22-8-6-21(7-9-22)16-19-4-3-5-20-16/h3-5,10H,6-9H2,1-2H3. The molecule has 25 heavy (non-hydrogen) atoms. The van der Waals surface area contributed by atoms with Crippen LogP contribution in [-0.2, 0) is 10.0 Å². The maximum atomic E-state index is 13.1. The second-order valence-corrected chi connectivity index (χ2v) is 8.54. The van der Waals surface area contributed by atoms with E-state index in [-0.39, 0.29) is 9.92 Å². The number of hydrogen-bond donors (Lipinski definition) is 0. The molecule has 1 fully saturated rings. The molecule has 0 unspecified atom stereocenters. The Morgan fingerprint density at radius 2 is 1.64 bits per heavy atom. The number of halogens is 2. The lowest BCUT2D eigenvalue weighted by molar-refractivity contribution is 0.382. The van der Waals surface area contributed by atoms with Crippen molar-refractivity contribution in [3.05, 3.63) is 45.7 Å². The molecule has 1 aliphatic heterocycles. The van der Waals surface area contributed by atoms with E-state index in [1.807, 2.05) is 4.90 Å². The van der Waals surface area contributed by atoms with E-state index < -0.39 is 10.0 Å². The summed E-state index contributed by atoms with van der Waals surface area (Å²) in [6.07, 6.45) is 3.34. The summed E-state index contributed by atoms with van der Waals surface area (Å²) in [7, 11) is -3.72. The molecule has 134 valence electrons. The van der Waals surface area contributed by atoms with E-state index in [0.717, 1.165) is 0 Å². The molecule has 0 aliphatic carbocycles. The van der Waals surface area contributed by atoms with E-state index in [9.17, 15) is 8.42 Å². The van der Waals surface area contributed by atoms with Gasteiger partial charge in [0.1, 0.15) is 4.90 Å². The molecule has 0 spiro atoms. The fourth-order valence-electron chi connectivity index (χ4n) is 2.83. The Hall–Kier alpha value is -1.41. The number of hydrogen-bond acceptors (Lipinski definition) is 5. The molecule has 2 heterocycles. The quantitative estimate of drug-likeness (QED) is 0.791. The highest BCUT2D eigenvalue weighted by atomic mass is 35.5. The molecule has 0 amide bonds. The second-order valence-electron chi connectivity index (χ2n) is 5.88. The van der Waals surface area contributed by atoms with E-state index in [1.54, 1.807) is 38.4 Å². The Morgan fingerprint density at radius 1 is 1.04 bits per heavy atom. The lowest BCUT2D eigenvalue weighted by Gasteiger charge is -2.34. The van der Waals surface area contributed by atoms with Gasteiger partial charge in [-0.05, 0) is 37.1 Å². The van der Waals surface area contributed by atoms with E-state index in [4.69, 9.17) is 23.2 Å². The molecule has 9 heteroatoms. The Morgan fingerprint density at radius 3 is 2.24 bits per heavy atom. The molecule has 1 aromatic heterocycles. The van der Waals surface area contributed by atoms with Gasteiger partial charge < -0.3 is 4.90 Å². The summed E-state index contributed by atoms with van der Waals surface area (Å²) in [4.78, 5) is 10.5. The van der Waals surface area contributed by atoms with Crippen molar-refractivity contribution in [1.29, 1.82) is 0 Å². The Bertz CT molecular complexity index is 857. The first-order chi connectivity index (χ1) is 11.8. The molecule has 1 saturated heterocycles. The van der Waals surface area contributed by atoms with Crippen molar-refractivity contribution in [2.45, 2.75) is 18.7 Å². The predicted molar refractivity (Wildman–Crippen MR) is 98.9 cm³/mol. The summed E-state index contributed by atoms with van der Waals surface area (Å²) in [5, 5.41) is 0.632. The van der Waals surface area contributed by atoms with Gasteiger partial charge in [0.25, 0.3) is 0 Å². The Labute approximate surface area is 157 Å². The summed E-state index contributed by atoms with van der Waals surface area (Å²) in [5.74, 6) is 0.604. The van der Waals surface area contributed by atoms with Crippen molar-refractivity contribution in [2.75, 3.05) is 31.1 Å². The third kappa shape index (κ3) is 3.46. The van der Waals surface area contributed by atoms with Crippen LogP contribution in [0.25, 0.3) is 0 Å². The van der Waals surface area contributed by atoms with Gasteiger partial charge in [-0.2, -0.15) is 4.31 Å². The van der Waals surface area contributed by atoms with Crippen LogP contribution in [0, 0.1) is 13.8 Å². The van der Waals surface area contributed by atoms with Crippen molar-refractivity contribution in [3.8, 4) is 0 Å². The molecule has 0 saturated carbocycles. The van der Waals surface area contributed by atoms with Gasteiger partial charge in [0.15, 0.2) is 0 Å². The van der Waals surface area contributed by atoms with Crippen molar-refractivity contribution in [3.63, 3.8) is 0 Å². The Balaban J connectivity index is 1.86. The first-order valence-electron chi connectivity index (χ1n) is 7.79. The minimum atomic E-state index is -3.72. The summed E-state index contributed by atoms with van der Waals surface area (Å²) in [6.45, 7) is 5.12. The number of piperazine rings is 1. The van der Waals surface area contributed by atoms with Crippen molar-refractivity contribution >= 4 is 39.2 Å². The maximum Gasteiger partial charge on any atom is 0.245 e. The van der Waals surface area contributed by atoms with Gasteiger partial charge in [-0.1, -0.05) is 23.2 Å². The second kappa shape index (κ2) is 7.07. The van der Waals surface area contributed by atoms with Crippen LogP contribution in [-0.4, -0.2) is 48.9 Å². The number of rotatable bonds is 3. The van der Waals surface area contributed by atoms with Crippen LogP contribution in [0.4, 0.5) is 5.95 Å². The monoisotopic (exact) mass is 400 g/mol. The molecule has 1 aliphatic rings. The molecular formula is C16H18Cl2N4O2S. The van der Waals surface area contributed by atoms with E-state index in [0.29, 0.717) is 48.3 Å². The smallest absolute Gasteiger partial charge is 0.245 e. The molecule has 0 radical (unpaired) electrons. The van der Waals surface area contributed by atoms with Gasteiger partial charge in [0.05, 0.1) is 5.02 Å². The predicted octanol–water partition coefficient (Wildman–Crippen LogP) is 2.91. The van der Waals surface area contributed by atoms with E-state index >= 15 is 0 Å². The number of benzene rings is 1. The van der Waals surface area contributed by atoms with Crippen LogP contribution >= 0.6 is 23.2 Å². The third-order valence-corrected chi connectivity index (χ3v) is 7.32. The maximum absolute atomic E-state index is 13.1. The number of aryl methyl sites for hydroxylation is 1. The highest BCUT2D eigenvalue weighted by Crippen LogP contribution is 2.35. The summed E-state index contributed by atoms with van der Waals surface area (Å²) >= 11 is 12.5. The molecule has 0 N–H and O–H groups in total. The minimum Gasteiger partial charge on any atom is -0.338 e. The first-order valence-corrected chi connectivity index (χ1v) is 9.99. The normalized spacial score (nSPS) is 16.2. The first kappa shape index (κ1) is 18.4. The number of nitrogens with zero attached hydrogens (tertiary/aromatic N) is 4. The van der Waals surface area contributed by atoms with Gasteiger partial charge in [-0.15, -0.1) is 0 Å². The largest absolute Gasteiger partial charge is 0.338 e. The topological polar surface area (TPSA) is 66.4 Å². The van der Waals surface area contributed by atoms with E-state index in [1.165, 1.54) is 4.31 Å². The van der Waals surface area contributed by atoms with E-state index in [2.05, 4.69) is 9.97 Å². The van der Waals surface area contributed by atoms with Gasteiger partial charge >= 0.3 is 0 Å². The molecule has 3 rings (SSSR count). The lowest BCUT2D eigenvalue weighted by Crippen LogP contribution is -2.49. The van der Waals surface area contributed by atoms with Crippen LogP contribution < -0.4 is 4.90 Å². The van der Waals surface area contributed by atoms with Crippen molar-refractivity contribution in [2.24, 2.45) is 0 Å². The molecule has 6 nitrogen and oxygen atoms in total. The third-order valence-electron chi connectivity index (χ3n) is 4.26. The average molecular weight is 401 g/mol. The number of anilines is 1. The highest BCUT2D eigenvalue weighted by molar-refractivity contribution is 7.89.